The molecule has 3 aromatic rings. The number of esters is 1. The van der Waals surface area contributed by atoms with Crippen molar-refractivity contribution in [1.82, 2.24) is 9.55 Å². The molecule has 0 saturated carbocycles. The van der Waals surface area contributed by atoms with E-state index >= 15 is 0 Å². The van der Waals surface area contributed by atoms with Crippen LogP contribution in [-0.2, 0) is 19.0 Å². The Kier molecular flexibility index (Phi) is 11.0. The van der Waals surface area contributed by atoms with E-state index in [2.05, 4.69) is 41.7 Å². The van der Waals surface area contributed by atoms with Gasteiger partial charge >= 0.3 is 12.1 Å². The van der Waals surface area contributed by atoms with Gasteiger partial charge < -0.3 is 30.2 Å². The zero-order valence-corrected chi connectivity index (χ0v) is 28.1. The van der Waals surface area contributed by atoms with Crippen LogP contribution < -0.4 is 11.4 Å². The Morgan fingerprint density at radius 1 is 1.06 bits per heavy atom. The third-order valence-electron chi connectivity index (χ3n) is 8.71. The number of aliphatic hydroxyl groups is 2. The number of hydrogen-bond donors (Lipinski definition) is 3. The van der Waals surface area contributed by atoms with Crippen LogP contribution in [0.5, 0.6) is 0 Å². The number of fused-ring (bicyclic) bond motifs is 3. The molecule has 2 aliphatic rings. The van der Waals surface area contributed by atoms with Gasteiger partial charge in [-0.05, 0) is 67.1 Å². The number of nitrogen functional groups attached to an aromatic ring is 1. The lowest BCUT2D eigenvalue weighted by atomic mass is 9.98. The molecule has 1 fully saturated rings. The molecule has 47 heavy (non-hydrogen) atoms. The van der Waals surface area contributed by atoms with Crippen LogP contribution in [0.2, 0.25) is 0 Å². The maximum atomic E-state index is 12.6. The molecule has 1 saturated heterocycles. The molecule has 1 aliphatic carbocycles. The molecule has 0 spiro atoms. The highest BCUT2D eigenvalue weighted by Crippen LogP contribution is 2.44. The number of carbonyl (C=O) groups excluding carboxylic acids is 2. The van der Waals surface area contributed by atoms with Gasteiger partial charge in [0, 0.05) is 18.7 Å². The summed E-state index contributed by atoms with van der Waals surface area (Å²) in [5.41, 5.74) is 10.6. The number of ether oxygens (including phenoxy) is 3. The van der Waals surface area contributed by atoms with Gasteiger partial charge in [0.15, 0.2) is 6.23 Å². The average Bonchev–Trinajstić information content (AvgIpc) is 3.51. The fourth-order valence-corrected chi connectivity index (χ4v) is 7.04. The molecule has 0 amide bonds. The fraction of sp³-hybridized carbons (Fsp3) is 0.457. The van der Waals surface area contributed by atoms with E-state index in [1.807, 2.05) is 36.4 Å². The maximum Gasteiger partial charge on any atom is 0.516 e. The Morgan fingerprint density at radius 2 is 1.72 bits per heavy atom. The third-order valence-corrected chi connectivity index (χ3v) is 10.2. The van der Waals surface area contributed by atoms with E-state index in [-0.39, 0.29) is 24.0 Å². The molecule has 2 unspecified atom stereocenters. The summed E-state index contributed by atoms with van der Waals surface area (Å²) in [6, 6.07) is 17.6. The maximum absolute atomic E-state index is 12.6. The second-order valence-electron chi connectivity index (χ2n) is 13.0. The first-order valence-electron chi connectivity index (χ1n) is 16.0. The number of carbonyl (C=O) groups is 2. The number of benzene rings is 2. The van der Waals surface area contributed by atoms with Crippen molar-refractivity contribution >= 4 is 31.1 Å². The predicted octanol–water partition coefficient (Wildman–Crippen LogP) is 4.38. The molecular weight excluding hydrogens is 619 g/mol. The minimum atomic E-state index is -1.32. The lowest BCUT2D eigenvalue weighted by Crippen LogP contribution is -2.36. The standard InChI is InChI=1S/C35H45N4O7P/c1-22(33(42)46-35(43)44-21-27-25-14-7-5-12-23(25)24-13-6-8-15-26(24)27)11-9-10-18-37-34-38-29(36)16-19-39(34)32-31(41)30(40)28(45-32)17-20-47(2,3)4/h5-8,12-16,19,22,27-28,30-32,40-41H,2,9-11,17-18,20-21H2,1,3-4H3,(H2,36,37,38)/t22?,28?,30-,31-,32-/m1/s1. The summed E-state index contributed by atoms with van der Waals surface area (Å²) in [5.74, 6) is -1.02. The summed E-state index contributed by atoms with van der Waals surface area (Å²) in [7, 11) is 0. The Hall–Kier alpha value is -3.76. The quantitative estimate of drug-likeness (QED) is 0.111. The minimum Gasteiger partial charge on any atom is -0.433 e. The number of aromatic nitrogens is 2. The number of rotatable bonds is 12. The number of unbranched alkanes of at least 4 members (excludes halogenated alkanes) is 1. The summed E-state index contributed by atoms with van der Waals surface area (Å²) < 4.78 is 18.1. The zero-order chi connectivity index (χ0) is 33.7. The molecule has 0 radical (unpaired) electrons. The first-order chi connectivity index (χ1) is 22.4. The van der Waals surface area contributed by atoms with Gasteiger partial charge in [-0.3, -0.25) is 14.4 Å². The zero-order valence-electron chi connectivity index (χ0n) is 27.2. The van der Waals surface area contributed by atoms with Gasteiger partial charge in [0.25, 0.3) is 0 Å². The second kappa shape index (κ2) is 15.0. The van der Waals surface area contributed by atoms with E-state index in [9.17, 15) is 19.8 Å². The molecule has 2 heterocycles. The molecule has 5 atom stereocenters. The van der Waals surface area contributed by atoms with Crippen molar-refractivity contribution in [3.63, 3.8) is 0 Å². The highest BCUT2D eigenvalue weighted by Gasteiger charge is 2.43. The number of nitrogens with two attached hydrogens (primary N) is 1. The molecular formula is C35H45N4O7P. The Morgan fingerprint density at radius 3 is 2.38 bits per heavy atom. The van der Waals surface area contributed by atoms with Crippen LogP contribution in [0.15, 0.2) is 65.8 Å². The first kappa shape index (κ1) is 34.6. The number of anilines is 1. The van der Waals surface area contributed by atoms with Crippen molar-refractivity contribution in [2.45, 2.75) is 63.1 Å². The Labute approximate surface area is 275 Å². The summed E-state index contributed by atoms with van der Waals surface area (Å²) in [6.45, 7) is 5.07. The highest BCUT2D eigenvalue weighted by molar-refractivity contribution is 7.72. The Balaban J connectivity index is 1.09. The van der Waals surface area contributed by atoms with E-state index in [4.69, 9.17) is 19.9 Å². The topological polar surface area (TPSA) is 158 Å². The molecule has 4 N–H and O–H groups in total. The summed E-state index contributed by atoms with van der Waals surface area (Å²) in [6.07, 6.45) is 4.44. The SMILES string of the molecule is C=P(C)(C)CCC1O[C@@H](n2ccc(N)nc2=NCCCCC(C)C(=O)OC(=O)OCC2c3ccccc3-c3ccccc32)[C@H](O)[C@@H]1O. The molecule has 11 nitrogen and oxygen atoms in total. The lowest BCUT2D eigenvalue weighted by Gasteiger charge is -2.19. The van der Waals surface area contributed by atoms with Crippen molar-refractivity contribution in [3.05, 3.63) is 77.5 Å². The van der Waals surface area contributed by atoms with E-state index < -0.39 is 49.5 Å². The van der Waals surface area contributed by atoms with E-state index in [1.165, 1.54) is 0 Å². The molecule has 1 aromatic heterocycles. The van der Waals surface area contributed by atoms with Crippen LogP contribution >= 0.6 is 6.89 Å². The van der Waals surface area contributed by atoms with Crippen LogP contribution in [0.25, 0.3) is 11.1 Å². The van der Waals surface area contributed by atoms with Gasteiger partial charge in [-0.15, -0.1) is 13.2 Å². The average molecular weight is 665 g/mol. The number of aliphatic hydroxyl groups excluding tert-OH is 2. The molecule has 5 rings (SSSR count). The van der Waals surface area contributed by atoms with Gasteiger partial charge in [-0.2, -0.15) is 4.98 Å². The van der Waals surface area contributed by atoms with Crippen LogP contribution in [0.1, 0.15) is 55.9 Å². The number of hydrogen-bond acceptors (Lipinski definition) is 10. The summed E-state index contributed by atoms with van der Waals surface area (Å²) in [4.78, 5) is 33.9. The molecule has 252 valence electrons. The van der Waals surface area contributed by atoms with Crippen molar-refractivity contribution in [1.29, 1.82) is 0 Å². The minimum absolute atomic E-state index is 0.0756. The van der Waals surface area contributed by atoms with Gasteiger partial charge in [0.2, 0.25) is 5.62 Å². The van der Waals surface area contributed by atoms with Crippen molar-refractivity contribution in [2.24, 2.45) is 10.9 Å². The van der Waals surface area contributed by atoms with Crippen LogP contribution in [0.3, 0.4) is 0 Å². The van der Waals surface area contributed by atoms with E-state index in [0.29, 0.717) is 32.2 Å². The lowest BCUT2D eigenvalue weighted by molar-refractivity contribution is -0.144. The van der Waals surface area contributed by atoms with Crippen molar-refractivity contribution < 1.29 is 34.0 Å². The highest BCUT2D eigenvalue weighted by atomic mass is 31.2. The van der Waals surface area contributed by atoms with Gasteiger partial charge in [-0.25, -0.2) is 4.79 Å². The van der Waals surface area contributed by atoms with Crippen LogP contribution in [-0.4, -0.2) is 89.1 Å². The summed E-state index contributed by atoms with van der Waals surface area (Å²) in [5, 5.41) is 21.4. The van der Waals surface area contributed by atoms with Gasteiger partial charge in [0.05, 0.1) is 12.0 Å². The van der Waals surface area contributed by atoms with Crippen LogP contribution in [0.4, 0.5) is 10.6 Å². The molecule has 12 heteroatoms. The second-order valence-corrected chi connectivity index (χ2v) is 17.4. The molecule has 1 aliphatic heterocycles. The normalized spacial score (nSPS) is 21.7. The fourth-order valence-electron chi connectivity index (χ4n) is 6.09. The monoisotopic (exact) mass is 664 g/mol. The van der Waals surface area contributed by atoms with Gasteiger partial charge in [0.1, 0.15) is 24.6 Å². The molecule has 0 bridgehead atoms. The van der Waals surface area contributed by atoms with E-state index in [0.717, 1.165) is 28.4 Å². The largest absolute Gasteiger partial charge is 0.516 e. The van der Waals surface area contributed by atoms with Crippen molar-refractivity contribution in [3.8, 4) is 11.1 Å². The Bertz CT molecular complexity index is 1660. The van der Waals surface area contributed by atoms with Crippen LogP contribution in [0, 0.1) is 5.92 Å². The smallest absolute Gasteiger partial charge is 0.433 e. The number of nitrogens with zero attached hydrogens (tertiary/aromatic N) is 3. The summed E-state index contributed by atoms with van der Waals surface area (Å²) >= 11 is 0. The predicted molar refractivity (Wildman–Crippen MR) is 183 cm³/mol. The van der Waals surface area contributed by atoms with Crippen molar-refractivity contribution in [2.75, 3.05) is 38.4 Å². The first-order valence-corrected chi connectivity index (χ1v) is 19.1. The van der Waals surface area contributed by atoms with Gasteiger partial charge in [-0.1, -0.05) is 61.9 Å². The molecule has 2 aromatic carbocycles. The van der Waals surface area contributed by atoms with E-state index in [1.54, 1.807) is 23.8 Å². The third kappa shape index (κ3) is 8.40.